The lowest BCUT2D eigenvalue weighted by Gasteiger charge is -2.19. The molecule has 2 rings (SSSR count). The van der Waals surface area contributed by atoms with Crippen LogP contribution in [0.4, 0.5) is 0 Å². The number of allylic oxidation sites excluding steroid dienone is 1. The van der Waals surface area contributed by atoms with Crippen LogP contribution in [0.15, 0.2) is 12.2 Å². The zero-order valence-corrected chi connectivity index (χ0v) is 13.2. The van der Waals surface area contributed by atoms with E-state index in [1.807, 2.05) is 6.08 Å². The van der Waals surface area contributed by atoms with Crippen molar-refractivity contribution in [3.05, 3.63) is 12.2 Å². The number of hydrogen-bond acceptors (Lipinski definition) is 5. The molecule has 2 aliphatic rings. The topological polar surface area (TPSA) is 69.7 Å². The van der Waals surface area contributed by atoms with Crippen molar-refractivity contribution in [2.45, 2.75) is 64.6 Å². The van der Waals surface area contributed by atoms with Crippen LogP contribution in [0.5, 0.6) is 0 Å². The molecule has 2 fully saturated rings. The SMILES string of the molecule is CCCCCC(=O)/C=C/C1C(OC(C)=O)CC2OC(=O)CC21. The summed E-state index contributed by atoms with van der Waals surface area (Å²) in [6, 6.07) is 0. The number of carbonyl (C=O) groups is 3. The maximum atomic E-state index is 11.9. The summed E-state index contributed by atoms with van der Waals surface area (Å²) in [5.41, 5.74) is 0. The average molecular weight is 308 g/mol. The number of fused-ring (bicyclic) bond motifs is 1. The third-order valence-corrected chi connectivity index (χ3v) is 4.40. The van der Waals surface area contributed by atoms with Crippen molar-refractivity contribution in [1.82, 2.24) is 0 Å². The van der Waals surface area contributed by atoms with Crippen LogP contribution in [0.3, 0.4) is 0 Å². The van der Waals surface area contributed by atoms with E-state index >= 15 is 0 Å². The quantitative estimate of drug-likeness (QED) is 0.411. The highest BCUT2D eigenvalue weighted by molar-refractivity contribution is 5.89. The monoisotopic (exact) mass is 308 g/mol. The molecule has 5 heteroatoms. The van der Waals surface area contributed by atoms with Crippen LogP contribution in [-0.4, -0.2) is 29.9 Å². The lowest BCUT2D eigenvalue weighted by Crippen LogP contribution is -2.23. The molecular weight excluding hydrogens is 284 g/mol. The van der Waals surface area contributed by atoms with Gasteiger partial charge in [-0.05, 0) is 12.5 Å². The molecule has 5 nitrogen and oxygen atoms in total. The van der Waals surface area contributed by atoms with Crippen molar-refractivity contribution in [2.24, 2.45) is 11.8 Å². The molecule has 0 N–H and O–H groups in total. The molecule has 1 aliphatic carbocycles. The molecule has 0 aromatic carbocycles. The minimum atomic E-state index is -0.344. The molecule has 4 unspecified atom stereocenters. The average Bonchev–Trinajstić information content (AvgIpc) is 2.92. The van der Waals surface area contributed by atoms with E-state index in [0.717, 1.165) is 19.3 Å². The third kappa shape index (κ3) is 4.18. The Morgan fingerprint density at radius 3 is 2.82 bits per heavy atom. The van der Waals surface area contributed by atoms with Crippen LogP contribution >= 0.6 is 0 Å². The Morgan fingerprint density at radius 2 is 2.14 bits per heavy atom. The summed E-state index contributed by atoms with van der Waals surface area (Å²) in [6.07, 6.45) is 7.32. The molecule has 0 aromatic rings. The van der Waals surface area contributed by atoms with Gasteiger partial charge in [0.15, 0.2) is 5.78 Å². The molecule has 1 heterocycles. The number of ether oxygens (including phenoxy) is 2. The van der Waals surface area contributed by atoms with E-state index in [0.29, 0.717) is 19.3 Å². The number of carbonyl (C=O) groups excluding carboxylic acids is 3. The van der Waals surface area contributed by atoms with Crippen LogP contribution in [0, 0.1) is 11.8 Å². The first kappa shape index (κ1) is 16.7. The van der Waals surface area contributed by atoms with Crippen molar-refractivity contribution in [2.75, 3.05) is 0 Å². The van der Waals surface area contributed by atoms with Crippen molar-refractivity contribution >= 4 is 17.7 Å². The van der Waals surface area contributed by atoms with E-state index in [4.69, 9.17) is 9.47 Å². The Hall–Kier alpha value is -1.65. The second-order valence-electron chi connectivity index (χ2n) is 6.14. The van der Waals surface area contributed by atoms with Crippen molar-refractivity contribution in [3.8, 4) is 0 Å². The fourth-order valence-corrected chi connectivity index (χ4v) is 3.35. The summed E-state index contributed by atoms with van der Waals surface area (Å²) >= 11 is 0. The Labute approximate surface area is 131 Å². The van der Waals surface area contributed by atoms with Crippen LogP contribution < -0.4 is 0 Å². The minimum absolute atomic E-state index is 0.0107. The highest BCUT2D eigenvalue weighted by Crippen LogP contribution is 2.43. The van der Waals surface area contributed by atoms with Gasteiger partial charge in [0.05, 0.1) is 6.42 Å². The predicted octanol–water partition coefficient (Wildman–Crippen LogP) is 2.58. The lowest BCUT2D eigenvalue weighted by molar-refractivity contribution is -0.149. The fraction of sp³-hybridized carbons (Fsp3) is 0.706. The molecule has 0 bridgehead atoms. The van der Waals surface area contributed by atoms with E-state index in [-0.39, 0.29) is 41.8 Å². The Morgan fingerprint density at radius 1 is 1.36 bits per heavy atom. The fourth-order valence-electron chi connectivity index (χ4n) is 3.35. The van der Waals surface area contributed by atoms with Gasteiger partial charge >= 0.3 is 11.9 Å². The van der Waals surface area contributed by atoms with Gasteiger partial charge in [-0.25, -0.2) is 0 Å². The second kappa shape index (κ2) is 7.56. The van der Waals surface area contributed by atoms with Crippen molar-refractivity contribution in [1.29, 1.82) is 0 Å². The Balaban J connectivity index is 1.98. The molecule has 122 valence electrons. The number of unbranched alkanes of at least 4 members (excludes halogenated alkanes) is 2. The summed E-state index contributed by atoms with van der Waals surface area (Å²) in [5, 5.41) is 0. The number of ketones is 1. The van der Waals surface area contributed by atoms with E-state index in [9.17, 15) is 14.4 Å². The summed E-state index contributed by atoms with van der Waals surface area (Å²) in [6.45, 7) is 3.47. The second-order valence-corrected chi connectivity index (χ2v) is 6.14. The minimum Gasteiger partial charge on any atom is -0.462 e. The van der Waals surface area contributed by atoms with Gasteiger partial charge < -0.3 is 9.47 Å². The first-order chi connectivity index (χ1) is 10.5. The molecule has 1 aliphatic heterocycles. The zero-order chi connectivity index (χ0) is 16.1. The first-order valence-corrected chi connectivity index (χ1v) is 8.09. The van der Waals surface area contributed by atoms with Gasteiger partial charge in [-0.2, -0.15) is 0 Å². The summed E-state index contributed by atoms with van der Waals surface area (Å²) in [7, 11) is 0. The molecule has 4 atom stereocenters. The molecular formula is C17H24O5. The standard InChI is InChI=1S/C17H24O5/c1-3-4-5-6-12(19)7-8-13-14-9-17(20)22-16(14)10-15(13)21-11(2)18/h7-8,13-16H,3-6,9-10H2,1-2H3/b8-7+. The van der Waals surface area contributed by atoms with Crippen LogP contribution in [0.25, 0.3) is 0 Å². The lowest BCUT2D eigenvalue weighted by atomic mass is 9.91. The van der Waals surface area contributed by atoms with E-state index < -0.39 is 0 Å². The van der Waals surface area contributed by atoms with Gasteiger partial charge in [0.1, 0.15) is 12.2 Å². The number of hydrogen-bond donors (Lipinski definition) is 0. The third-order valence-electron chi connectivity index (χ3n) is 4.40. The van der Waals surface area contributed by atoms with Gasteiger partial charge in [0, 0.05) is 31.6 Å². The van der Waals surface area contributed by atoms with E-state index in [1.54, 1.807) is 6.08 Å². The summed E-state index contributed by atoms with van der Waals surface area (Å²) in [5.74, 6) is -0.566. The first-order valence-electron chi connectivity index (χ1n) is 8.09. The van der Waals surface area contributed by atoms with Gasteiger partial charge in [-0.1, -0.05) is 25.8 Å². The molecule has 22 heavy (non-hydrogen) atoms. The van der Waals surface area contributed by atoms with Crippen molar-refractivity contribution < 1.29 is 23.9 Å². The molecule has 1 saturated carbocycles. The smallest absolute Gasteiger partial charge is 0.306 e. The maximum absolute atomic E-state index is 11.9. The normalized spacial score (nSPS) is 30.4. The highest BCUT2D eigenvalue weighted by atomic mass is 16.6. The van der Waals surface area contributed by atoms with Crippen LogP contribution in [0.1, 0.15) is 52.4 Å². The molecule has 0 amide bonds. The Bertz CT molecular complexity index is 468. The molecule has 0 spiro atoms. The van der Waals surface area contributed by atoms with Crippen LogP contribution in [-0.2, 0) is 23.9 Å². The largest absolute Gasteiger partial charge is 0.462 e. The van der Waals surface area contributed by atoms with Gasteiger partial charge in [0.25, 0.3) is 0 Å². The number of esters is 2. The Kier molecular flexibility index (Phi) is 5.75. The summed E-state index contributed by atoms with van der Waals surface area (Å²) < 4.78 is 10.6. The molecule has 0 radical (unpaired) electrons. The van der Waals surface area contributed by atoms with E-state index in [2.05, 4.69) is 6.92 Å². The van der Waals surface area contributed by atoms with Crippen LogP contribution in [0.2, 0.25) is 0 Å². The molecule has 0 aromatic heterocycles. The maximum Gasteiger partial charge on any atom is 0.306 e. The van der Waals surface area contributed by atoms with E-state index in [1.165, 1.54) is 6.92 Å². The van der Waals surface area contributed by atoms with Gasteiger partial charge in [-0.3, -0.25) is 14.4 Å². The zero-order valence-electron chi connectivity index (χ0n) is 13.2. The van der Waals surface area contributed by atoms with Gasteiger partial charge in [-0.15, -0.1) is 0 Å². The predicted molar refractivity (Wildman–Crippen MR) is 79.9 cm³/mol. The molecule has 1 saturated heterocycles. The summed E-state index contributed by atoms with van der Waals surface area (Å²) in [4.78, 5) is 34.5. The highest BCUT2D eigenvalue weighted by Gasteiger charge is 2.50. The van der Waals surface area contributed by atoms with Crippen molar-refractivity contribution in [3.63, 3.8) is 0 Å². The van der Waals surface area contributed by atoms with Gasteiger partial charge in [0.2, 0.25) is 0 Å². The number of rotatable bonds is 7.